The van der Waals surface area contributed by atoms with E-state index < -0.39 is 10.0 Å². The van der Waals surface area contributed by atoms with E-state index >= 15 is 0 Å². The van der Waals surface area contributed by atoms with Gasteiger partial charge in [-0.3, -0.25) is 9.82 Å². The Morgan fingerprint density at radius 1 is 1.43 bits per heavy atom. The average Bonchev–Trinajstić information content (AvgIpc) is 2.88. The highest BCUT2D eigenvalue weighted by Crippen LogP contribution is 2.30. The maximum atomic E-state index is 12.2. The maximum Gasteiger partial charge on any atom is 0.235 e. The molecule has 2 rings (SSSR count). The molecule has 0 bridgehead atoms. The predicted molar refractivity (Wildman–Crippen MR) is 84.1 cm³/mol. The lowest BCUT2D eigenvalue weighted by molar-refractivity contribution is 0.0829. The minimum atomic E-state index is -3.56. The fourth-order valence-electron chi connectivity index (χ4n) is 2.02. The molecule has 1 heterocycles. The average molecular weight is 332 g/mol. The van der Waals surface area contributed by atoms with Crippen molar-refractivity contribution < 1.29 is 13.2 Å². The number of halogens is 1. The van der Waals surface area contributed by atoms with Gasteiger partial charge in [0.1, 0.15) is 0 Å². The summed E-state index contributed by atoms with van der Waals surface area (Å²) in [6.45, 7) is 3.82. The Bertz CT molecular complexity index is 727. The highest BCUT2D eigenvalue weighted by atomic mass is 35.5. The number of anilines is 1. The van der Waals surface area contributed by atoms with E-state index in [2.05, 4.69) is 14.9 Å². The molecule has 0 spiro atoms. The SMILES string of the molecule is COC(CS(=O)(=O)Nc1ccc2[nH]ncc2c1Cl)C(C)C. The first kappa shape index (κ1) is 16.1. The van der Waals surface area contributed by atoms with E-state index in [1.807, 2.05) is 13.8 Å². The summed E-state index contributed by atoms with van der Waals surface area (Å²) >= 11 is 6.20. The number of sulfonamides is 1. The monoisotopic (exact) mass is 331 g/mol. The summed E-state index contributed by atoms with van der Waals surface area (Å²) in [6.07, 6.45) is 1.18. The van der Waals surface area contributed by atoms with Gasteiger partial charge in [0, 0.05) is 12.5 Å². The van der Waals surface area contributed by atoms with Crippen molar-refractivity contribution in [3.63, 3.8) is 0 Å². The molecule has 0 aliphatic heterocycles. The van der Waals surface area contributed by atoms with Gasteiger partial charge in [-0.15, -0.1) is 0 Å². The largest absolute Gasteiger partial charge is 0.380 e. The van der Waals surface area contributed by atoms with Crippen LogP contribution >= 0.6 is 11.6 Å². The third-order valence-electron chi connectivity index (χ3n) is 3.25. The van der Waals surface area contributed by atoms with Gasteiger partial charge < -0.3 is 4.74 Å². The third kappa shape index (κ3) is 3.66. The minimum Gasteiger partial charge on any atom is -0.380 e. The van der Waals surface area contributed by atoms with Crippen LogP contribution in [0.3, 0.4) is 0 Å². The number of nitrogens with zero attached hydrogens (tertiary/aromatic N) is 1. The molecule has 0 saturated carbocycles. The van der Waals surface area contributed by atoms with Gasteiger partial charge in [-0.2, -0.15) is 5.10 Å². The number of aromatic amines is 1. The number of rotatable bonds is 6. The lowest BCUT2D eigenvalue weighted by Crippen LogP contribution is -2.31. The van der Waals surface area contributed by atoms with E-state index in [1.165, 1.54) is 7.11 Å². The van der Waals surface area contributed by atoms with E-state index in [-0.39, 0.29) is 17.8 Å². The fourth-order valence-corrected chi connectivity index (χ4v) is 3.88. The molecule has 1 unspecified atom stereocenters. The Labute approximate surface area is 128 Å². The van der Waals surface area contributed by atoms with Crippen molar-refractivity contribution in [3.05, 3.63) is 23.4 Å². The Morgan fingerprint density at radius 2 is 2.14 bits per heavy atom. The van der Waals surface area contributed by atoms with Crippen LogP contribution in [-0.2, 0) is 14.8 Å². The van der Waals surface area contributed by atoms with Crippen LogP contribution in [0, 0.1) is 5.92 Å². The Kier molecular flexibility index (Phi) is 4.75. The summed E-state index contributed by atoms with van der Waals surface area (Å²) in [4.78, 5) is 0. The first-order valence-electron chi connectivity index (χ1n) is 6.49. The summed E-state index contributed by atoms with van der Waals surface area (Å²) < 4.78 is 32.2. The number of aromatic nitrogens is 2. The van der Waals surface area contributed by atoms with Crippen molar-refractivity contribution in [1.29, 1.82) is 0 Å². The quantitative estimate of drug-likeness (QED) is 0.852. The molecule has 0 saturated heterocycles. The smallest absolute Gasteiger partial charge is 0.235 e. The van der Waals surface area contributed by atoms with E-state index in [0.717, 1.165) is 5.52 Å². The van der Waals surface area contributed by atoms with E-state index in [9.17, 15) is 8.42 Å². The lowest BCUT2D eigenvalue weighted by atomic mass is 10.1. The van der Waals surface area contributed by atoms with Crippen LogP contribution in [0.2, 0.25) is 5.02 Å². The van der Waals surface area contributed by atoms with Crippen molar-refractivity contribution in [2.75, 3.05) is 17.6 Å². The zero-order valence-electron chi connectivity index (χ0n) is 12.1. The second kappa shape index (κ2) is 6.21. The van der Waals surface area contributed by atoms with Crippen molar-refractivity contribution in [3.8, 4) is 0 Å². The highest BCUT2D eigenvalue weighted by molar-refractivity contribution is 7.92. The molecule has 0 radical (unpaired) electrons. The molecule has 116 valence electrons. The van der Waals surface area contributed by atoms with Crippen LogP contribution in [-0.4, -0.2) is 37.6 Å². The Hall–Kier alpha value is -1.31. The summed E-state index contributed by atoms with van der Waals surface area (Å²) in [5.74, 6) is -0.0283. The van der Waals surface area contributed by atoms with Crippen molar-refractivity contribution in [2.45, 2.75) is 20.0 Å². The van der Waals surface area contributed by atoms with Crippen molar-refractivity contribution in [1.82, 2.24) is 10.2 Å². The first-order chi connectivity index (χ1) is 9.84. The number of hydrogen-bond donors (Lipinski definition) is 2. The molecule has 0 aliphatic carbocycles. The van der Waals surface area contributed by atoms with Gasteiger partial charge in [-0.05, 0) is 18.1 Å². The number of fused-ring (bicyclic) bond motifs is 1. The Balaban J connectivity index is 2.24. The molecule has 1 aromatic carbocycles. The fraction of sp³-hybridized carbons (Fsp3) is 0.462. The van der Waals surface area contributed by atoms with Gasteiger partial charge in [0.25, 0.3) is 0 Å². The van der Waals surface area contributed by atoms with Gasteiger partial charge in [0.2, 0.25) is 10.0 Å². The standard InChI is InChI=1S/C13H18ClN3O3S/c1-8(2)12(20-3)7-21(18,19)17-11-5-4-10-9(13(11)14)6-15-16-10/h4-6,8,12,17H,7H2,1-3H3,(H,15,16). The number of benzene rings is 1. The number of H-pyrrole nitrogens is 1. The van der Waals surface area contributed by atoms with E-state index in [1.54, 1.807) is 18.3 Å². The molecule has 8 heteroatoms. The third-order valence-corrected chi connectivity index (χ3v) is 4.96. The van der Waals surface area contributed by atoms with Crippen LogP contribution < -0.4 is 4.72 Å². The summed E-state index contributed by atoms with van der Waals surface area (Å²) in [7, 11) is -2.05. The minimum absolute atomic E-state index is 0.0957. The molecule has 2 aromatic rings. The number of ether oxygens (including phenoxy) is 1. The van der Waals surface area contributed by atoms with Crippen LogP contribution in [0.15, 0.2) is 18.3 Å². The van der Waals surface area contributed by atoms with Crippen LogP contribution in [0.1, 0.15) is 13.8 Å². The normalized spacial score (nSPS) is 13.8. The maximum absolute atomic E-state index is 12.2. The van der Waals surface area contributed by atoms with Gasteiger partial charge in [0.15, 0.2) is 0 Å². The molecule has 21 heavy (non-hydrogen) atoms. The van der Waals surface area contributed by atoms with Crippen LogP contribution in [0.25, 0.3) is 10.9 Å². The van der Waals surface area contributed by atoms with E-state index in [4.69, 9.17) is 16.3 Å². The molecule has 6 nitrogen and oxygen atoms in total. The van der Waals surface area contributed by atoms with Gasteiger partial charge in [-0.25, -0.2) is 8.42 Å². The Morgan fingerprint density at radius 3 is 2.76 bits per heavy atom. The van der Waals surface area contributed by atoms with Crippen molar-refractivity contribution >= 4 is 38.2 Å². The van der Waals surface area contributed by atoms with E-state index in [0.29, 0.717) is 16.1 Å². The zero-order valence-corrected chi connectivity index (χ0v) is 13.6. The zero-order chi connectivity index (χ0) is 15.6. The second-order valence-corrected chi connectivity index (χ2v) is 7.30. The van der Waals surface area contributed by atoms with Crippen LogP contribution in [0.5, 0.6) is 0 Å². The van der Waals surface area contributed by atoms with Crippen LogP contribution in [0.4, 0.5) is 5.69 Å². The molecule has 1 atom stereocenters. The summed E-state index contributed by atoms with van der Waals surface area (Å²) in [5, 5.41) is 7.65. The molecule has 0 aliphatic rings. The second-order valence-electron chi connectivity index (χ2n) is 5.16. The molecular weight excluding hydrogens is 314 g/mol. The summed E-state index contributed by atoms with van der Waals surface area (Å²) in [6, 6.07) is 3.33. The molecule has 0 amide bonds. The summed E-state index contributed by atoms with van der Waals surface area (Å²) in [5.41, 5.74) is 1.09. The van der Waals surface area contributed by atoms with Gasteiger partial charge in [-0.1, -0.05) is 25.4 Å². The predicted octanol–water partition coefficient (Wildman–Crippen LogP) is 2.63. The first-order valence-corrected chi connectivity index (χ1v) is 8.52. The number of methoxy groups -OCH3 is 1. The number of nitrogens with one attached hydrogen (secondary N) is 2. The lowest BCUT2D eigenvalue weighted by Gasteiger charge is -2.19. The number of hydrogen-bond acceptors (Lipinski definition) is 4. The highest BCUT2D eigenvalue weighted by Gasteiger charge is 2.22. The molecule has 2 N–H and O–H groups in total. The van der Waals surface area contributed by atoms with Crippen molar-refractivity contribution in [2.24, 2.45) is 5.92 Å². The molecule has 0 fully saturated rings. The van der Waals surface area contributed by atoms with Gasteiger partial charge >= 0.3 is 0 Å². The van der Waals surface area contributed by atoms with Gasteiger partial charge in [0.05, 0.1) is 34.3 Å². The molecule has 1 aromatic heterocycles. The molecular formula is C13H18ClN3O3S. The topological polar surface area (TPSA) is 84.1 Å².